The van der Waals surface area contributed by atoms with Crippen LogP contribution in [0.2, 0.25) is 0 Å². The number of aromatic nitrogens is 5. The minimum atomic E-state index is -0.286. The molecule has 0 radical (unpaired) electrons. The largest absolute Gasteiger partial charge is 0.312 e. The number of hydrogen-bond donors (Lipinski definition) is 0. The molecule has 1 aromatic carbocycles. The van der Waals surface area contributed by atoms with Crippen molar-refractivity contribution in [3.05, 3.63) is 70.2 Å². The fraction of sp³-hybridized carbons (Fsp3) is 0.368. The van der Waals surface area contributed by atoms with Crippen LogP contribution in [-0.2, 0) is 13.1 Å². The maximum atomic E-state index is 13.2. The van der Waals surface area contributed by atoms with Gasteiger partial charge in [0.25, 0.3) is 5.56 Å². The van der Waals surface area contributed by atoms with Crippen molar-refractivity contribution in [1.29, 1.82) is 0 Å². The molecule has 138 valence electrons. The predicted octanol–water partition coefficient (Wildman–Crippen LogP) is 1.58. The molecule has 2 aromatic heterocycles. The Labute approximate surface area is 155 Å². The highest BCUT2D eigenvalue weighted by molar-refractivity contribution is 5.31. The second-order valence-corrected chi connectivity index (χ2v) is 7.38. The van der Waals surface area contributed by atoms with E-state index >= 15 is 0 Å². The Balaban J connectivity index is 1.39. The fourth-order valence-electron chi connectivity index (χ4n) is 4.41. The lowest BCUT2D eigenvalue weighted by molar-refractivity contribution is 0.111. The fourth-order valence-corrected chi connectivity index (χ4v) is 4.41. The van der Waals surface area contributed by atoms with Crippen molar-refractivity contribution in [2.75, 3.05) is 13.1 Å². The van der Waals surface area contributed by atoms with Gasteiger partial charge in [0.2, 0.25) is 0 Å². The second kappa shape index (κ2) is 6.38. The first-order valence-corrected chi connectivity index (χ1v) is 9.12. The summed E-state index contributed by atoms with van der Waals surface area (Å²) in [5.41, 5.74) is 1.96. The summed E-state index contributed by atoms with van der Waals surface area (Å²) >= 11 is 0. The van der Waals surface area contributed by atoms with Gasteiger partial charge in [-0.15, -0.1) is 5.10 Å². The monoisotopic (exact) mass is 366 g/mol. The van der Waals surface area contributed by atoms with Crippen LogP contribution in [0.15, 0.2) is 47.3 Å². The summed E-state index contributed by atoms with van der Waals surface area (Å²) in [5, 5.41) is 12.0. The summed E-state index contributed by atoms with van der Waals surface area (Å²) in [6, 6.07) is 11.7. The van der Waals surface area contributed by atoms with Crippen molar-refractivity contribution in [2.24, 2.45) is 5.92 Å². The topological polar surface area (TPSA) is 68.8 Å². The summed E-state index contributed by atoms with van der Waals surface area (Å²) in [6.45, 7) is 3.17. The van der Waals surface area contributed by atoms with Crippen molar-refractivity contribution >= 4 is 0 Å². The number of benzene rings is 1. The van der Waals surface area contributed by atoms with Gasteiger partial charge in [0.1, 0.15) is 5.82 Å². The molecule has 2 bridgehead atoms. The number of nitrogens with zero attached hydrogens (tertiary/aromatic N) is 6. The van der Waals surface area contributed by atoms with Gasteiger partial charge < -0.3 is 4.57 Å². The molecule has 4 heterocycles. The molecule has 2 atom stereocenters. The Morgan fingerprint density at radius 1 is 1.07 bits per heavy atom. The summed E-state index contributed by atoms with van der Waals surface area (Å²) in [6.07, 6.45) is 1.11. The minimum Gasteiger partial charge on any atom is -0.312 e. The van der Waals surface area contributed by atoms with Crippen molar-refractivity contribution < 1.29 is 4.39 Å². The van der Waals surface area contributed by atoms with Crippen LogP contribution in [0.5, 0.6) is 0 Å². The molecule has 1 fully saturated rings. The summed E-state index contributed by atoms with van der Waals surface area (Å²) in [4.78, 5) is 14.5. The third-order valence-electron chi connectivity index (χ3n) is 5.53. The van der Waals surface area contributed by atoms with E-state index in [1.807, 2.05) is 10.6 Å². The average molecular weight is 366 g/mol. The van der Waals surface area contributed by atoms with Crippen LogP contribution < -0.4 is 5.56 Å². The summed E-state index contributed by atoms with van der Waals surface area (Å²) in [5.74, 6) is 1.24. The standard InChI is InChI=1S/C19H19FN6O/c20-15-4-6-16(7-5-15)26-18(21-22-23-26)12-24-9-13-8-14(11-24)17-2-1-3-19(27)25(17)10-13/h1-7,13-14H,8-12H2. The summed E-state index contributed by atoms with van der Waals surface area (Å²) in [7, 11) is 0. The molecular weight excluding hydrogens is 347 g/mol. The lowest BCUT2D eigenvalue weighted by Crippen LogP contribution is -2.46. The number of tetrazole rings is 1. The van der Waals surface area contributed by atoms with E-state index in [1.54, 1.807) is 22.9 Å². The smallest absolute Gasteiger partial charge is 0.250 e. The SMILES string of the molecule is O=c1cccc2n1CC1CC2CN(Cc2nnnn2-c2ccc(F)cc2)C1. The van der Waals surface area contributed by atoms with Gasteiger partial charge in [0, 0.05) is 37.3 Å². The maximum Gasteiger partial charge on any atom is 0.250 e. The first-order chi connectivity index (χ1) is 13.2. The van der Waals surface area contributed by atoms with Gasteiger partial charge in [-0.1, -0.05) is 6.07 Å². The number of piperidine rings is 1. The van der Waals surface area contributed by atoms with Crippen LogP contribution in [0.1, 0.15) is 23.9 Å². The lowest BCUT2D eigenvalue weighted by Gasteiger charge is -2.42. The van der Waals surface area contributed by atoms with Gasteiger partial charge in [-0.25, -0.2) is 4.39 Å². The number of hydrogen-bond acceptors (Lipinski definition) is 5. The Bertz CT molecular complexity index is 1030. The van der Waals surface area contributed by atoms with Crippen molar-refractivity contribution in [2.45, 2.75) is 25.4 Å². The van der Waals surface area contributed by atoms with E-state index < -0.39 is 0 Å². The number of likely N-dealkylation sites (tertiary alicyclic amines) is 1. The Hall–Kier alpha value is -2.87. The molecule has 2 aliphatic heterocycles. The van der Waals surface area contributed by atoms with Crippen LogP contribution in [0.3, 0.4) is 0 Å². The number of fused-ring (bicyclic) bond motifs is 4. The van der Waals surface area contributed by atoms with Gasteiger partial charge in [-0.2, -0.15) is 4.68 Å². The van der Waals surface area contributed by atoms with E-state index in [2.05, 4.69) is 26.5 Å². The van der Waals surface area contributed by atoms with Gasteiger partial charge >= 0.3 is 0 Å². The number of halogens is 1. The van der Waals surface area contributed by atoms with Crippen molar-refractivity contribution in [3.63, 3.8) is 0 Å². The first-order valence-electron chi connectivity index (χ1n) is 9.12. The zero-order chi connectivity index (χ0) is 18.4. The first kappa shape index (κ1) is 16.3. The van der Waals surface area contributed by atoms with Gasteiger partial charge in [-0.3, -0.25) is 9.69 Å². The van der Waals surface area contributed by atoms with E-state index in [1.165, 1.54) is 12.1 Å². The predicted molar refractivity (Wildman–Crippen MR) is 95.9 cm³/mol. The molecule has 2 aliphatic rings. The van der Waals surface area contributed by atoms with Crippen LogP contribution in [0, 0.1) is 11.7 Å². The molecule has 1 saturated heterocycles. The number of rotatable bonds is 3. The van der Waals surface area contributed by atoms with Crippen LogP contribution in [-0.4, -0.2) is 42.8 Å². The molecule has 8 heteroatoms. The lowest BCUT2D eigenvalue weighted by atomic mass is 9.83. The highest BCUT2D eigenvalue weighted by atomic mass is 19.1. The summed E-state index contributed by atoms with van der Waals surface area (Å²) < 4.78 is 16.8. The molecule has 7 nitrogen and oxygen atoms in total. The Kier molecular flexibility index (Phi) is 3.86. The zero-order valence-corrected chi connectivity index (χ0v) is 14.7. The normalized spacial score (nSPS) is 21.8. The molecule has 2 unspecified atom stereocenters. The third-order valence-corrected chi connectivity index (χ3v) is 5.53. The highest BCUT2D eigenvalue weighted by Gasteiger charge is 2.34. The molecule has 3 aromatic rings. The number of pyridine rings is 1. The van der Waals surface area contributed by atoms with E-state index in [4.69, 9.17) is 0 Å². The van der Waals surface area contributed by atoms with Crippen LogP contribution in [0.25, 0.3) is 5.69 Å². The van der Waals surface area contributed by atoms with E-state index in [-0.39, 0.29) is 11.4 Å². The molecule has 5 rings (SSSR count). The highest BCUT2D eigenvalue weighted by Crippen LogP contribution is 2.35. The Morgan fingerprint density at radius 3 is 2.78 bits per heavy atom. The third kappa shape index (κ3) is 2.95. The van der Waals surface area contributed by atoms with Gasteiger partial charge in [-0.05, 0) is 53.1 Å². The minimum absolute atomic E-state index is 0.0934. The van der Waals surface area contributed by atoms with E-state index in [9.17, 15) is 9.18 Å². The molecule has 0 spiro atoms. The second-order valence-electron chi connectivity index (χ2n) is 7.38. The Morgan fingerprint density at radius 2 is 1.93 bits per heavy atom. The van der Waals surface area contributed by atoms with Crippen LogP contribution in [0.4, 0.5) is 4.39 Å². The molecule has 0 saturated carbocycles. The average Bonchev–Trinajstić information content (AvgIpc) is 3.11. The van der Waals surface area contributed by atoms with Crippen LogP contribution >= 0.6 is 0 Å². The molecule has 0 amide bonds. The zero-order valence-electron chi connectivity index (χ0n) is 14.7. The van der Waals surface area contributed by atoms with E-state index in [0.29, 0.717) is 18.4 Å². The van der Waals surface area contributed by atoms with Crippen molar-refractivity contribution in [1.82, 2.24) is 29.7 Å². The molecular formula is C19H19FN6O. The van der Waals surface area contributed by atoms with Gasteiger partial charge in [0.05, 0.1) is 12.2 Å². The molecule has 0 aliphatic carbocycles. The van der Waals surface area contributed by atoms with E-state index in [0.717, 1.165) is 43.3 Å². The maximum absolute atomic E-state index is 13.2. The van der Waals surface area contributed by atoms with Gasteiger partial charge in [0.15, 0.2) is 5.82 Å². The molecule has 27 heavy (non-hydrogen) atoms. The van der Waals surface area contributed by atoms with Crippen molar-refractivity contribution in [3.8, 4) is 5.69 Å². The molecule has 0 N–H and O–H groups in total. The quantitative estimate of drug-likeness (QED) is 0.704.